The second-order valence-corrected chi connectivity index (χ2v) is 14.7. The maximum absolute atomic E-state index is 12.4. The summed E-state index contributed by atoms with van der Waals surface area (Å²) in [6.07, 6.45) is -3.06. The van der Waals surface area contributed by atoms with Gasteiger partial charge in [-0.25, -0.2) is 29.3 Å². The van der Waals surface area contributed by atoms with E-state index in [2.05, 4.69) is 35.5 Å². The third-order valence-electron chi connectivity index (χ3n) is 8.05. The minimum Gasteiger partial charge on any atom is -0.412 e. The lowest BCUT2D eigenvalue weighted by Gasteiger charge is -2.15. The molecule has 2 aliphatic heterocycles. The van der Waals surface area contributed by atoms with E-state index in [1.54, 1.807) is 30.3 Å². The average molecular weight is 858 g/mol. The van der Waals surface area contributed by atoms with Gasteiger partial charge in [0.15, 0.2) is 23.8 Å². The highest BCUT2D eigenvalue weighted by Crippen LogP contribution is 2.40. The van der Waals surface area contributed by atoms with E-state index in [1.807, 2.05) is 0 Å². The maximum atomic E-state index is 12.4. The minimum absolute atomic E-state index is 0. The monoisotopic (exact) mass is 857 g/mol. The van der Waals surface area contributed by atoms with Gasteiger partial charge in [0, 0.05) is 17.2 Å². The molecule has 58 heavy (non-hydrogen) atoms. The fourth-order valence-corrected chi connectivity index (χ4v) is 6.26. The molecule has 0 aliphatic carbocycles. The van der Waals surface area contributed by atoms with Crippen LogP contribution in [0.25, 0.3) is 22.1 Å². The Bertz CT molecular complexity index is 2300. The Hall–Kier alpha value is -4.95. The lowest BCUT2D eigenvalue weighted by Crippen LogP contribution is -2.31. The smallest absolute Gasteiger partial charge is 0.348 e. The molecule has 0 spiro atoms. The highest BCUT2D eigenvalue weighted by atomic mass is 31.2. The van der Waals surface area contributed by atoms with Crippen molar-refractivity contribution in [3.63, 3.8) is 0 Å². The van der Waals surface area contributed by atoms with Gasteiger partial charge in [-0.05, 0) is 24.3 Å². The van der Waals surface area contributed by atoms with Crippen molar-refractivity contribution in [3.8, 4) is 0 Å². The van der Waals surface area contributed by atoms with Crippen LogP contribution in [-0.4, -0.2) is 128 Å². The number of hydrogen-bond acceptors (Lipinski definition) is 17. The Morgan fingerprint density at radius 2 is 1.17 bits per heavy atom. The summed E-state index contributed by atoms with van der Waals surface area (Å²) in [5.41, 5.74) is 6.64. The lowest BCUT2D eigenvalue weighted by atomic mass is 10.1. The lowest BCUT2D eigenvalue weighted by molar-refractivity contribution is -0.0318. The van der Waals surface area contributed by atoms with Crippen LogP contribution in [-0.2, 0) is 18.6 Å². The van der Waals surface area contributed by atoms with Crippen molar-refractivity contribution in [2.24, 2.45) is 0 Å². The molecule has 6 heterocycles. The highest BCUT2D eigenvalue weighted by molar-refractivity contribution is 7.55. The Morgan fingerprint density at radius 3 is 1.66 bits per heavy atom. The number of anilines is 2. The molecule has 5 aromatic rings. The van der Waals surface area contributed by atoms with Crippen molar-refractivity contribution < 1.29 is 68.9 Å². The zero-order chi connectivity index (χ0) is 38.9. The number of aliphatic hydroxyl groups is 4. The second-order valence-electron chi connectivity index (χ2n) is 11.8. The molecule has 1 aromatic carbocycles. The van der Waals surface area contributed by atoms with Crippen LogP contribution in [0.1, 0.15) is 37.7 Å². The van der Waals surface area contributed by atoms with E-state index in [1.165, 1.54) is 34.4 Å². The van der Waals surface area contributed by atoms with E-state index in [0.29, 0.717) is 33.6 Å². The third kappa shape index (κ3) is 10.8. The molecule has 16 N–H and O–H groups in total. The molecule has 2 fully saturated rings. The van der Waals surface area contributed by atoms with Crippen molar-refractivity contribution >= 4 is 54.8 Å². The van der Waals surface area contributed by atoms with Crippen LogP contribution >= 0.6 is 15.2 Å². The predicted molar refractivity (Wildman–Crippen MR) is 206 cm³/mol. The summed E-state index contributed by atoms with van der Waals surface area (Å²) in [5, 5.41) is 52.3. The van der Waals surface area contributed by atoms with Gasteiger partial charge in [-0.15, -0.1) is 0 Å². The molecule has 2 aliphatic rings. The number of carbonyl (C=O) groups excluding carboxylic acids is 1. The van der Waals surface area contributed by atoms with Crippen LogP contribution in [0.15, 0.2) is 79.2 Å². The normalized spacial score (nSPS) is 24.3. The Morgan fingerprint density at radius 1 is 0.724 bits per heavy atom. The van der Waals surface area contributed by atoms with Crippen molar-refractivity contribution in [2.45, 2.75) is 63.9 Å². The summed E-state index contributed by atoms with van der Waals surface area (Å²) in [5.74, 6) is 1.21. The van der Waals surface area contributed by atoms with Crippen LogP contribution < -0.4 is 17.2 Å². The van der Waals surface area contributed by atoms with E-state index in [4.69, 9.17) is 34.8 Å². The summed E-state index contributed by atoms with van der Waals surface area (Å²) < 4.78 is 35.3. The molecular weight excluding hydrogens is 812 g/mol. The molecule has 7 rings (SSSR count). The van der Waals surface area contributed by atoms with Gasteiger partial charge < -0.3 is 72.2 Å². The highest BCUT2D eigenvalue weighted by Gasteiger charge is 2.45. The topological polar surface area (TPSA) is 423 Å². The number of hydrogen-bond donors (Lipinski definition) is 11. The molecular formula is C31H45N11O14P2. The first-order valence-electron chi connectivity index (χ1n) is 15.5. The molecule has 8 atom stereocenters. The van der Waals surface area contributed by atoms with Crippen molar-refractivity contribution in [1.29, 1.82) is 0 Å². The SMILES string of the molecule is C.C.N.Nc1ncnc2c1cnn2[C@@H]1O[C@H](/C=C/P(=O)(O)O)[C@@H](O)[C@H]1O.O.O=C(Nc1ncnc2c1cnn2[C@@H]1O[C@H](/C=C/P(=O)(O)O)[C@@H](O)[C@H]1O)c1ccccc1. The first-order valence-corrected chi connectivity index (χ1v) is 18.9. The summed E-state index contributed by atoms with van der Waals surface area (Å²) in [7, 11) is -8.87. The first-order chi connectivity index (χ1) is 25.5. The molecule has 0 bridgehead atoms. The van der Waals surface area contributed by atoms with E-state index in [0.717, 1.165) is 12.2 Å². The van der Waals surface area contributed by atoms with Crippen molar-refractivity contribution in [2.75, 3.05) is 11.1 Å². The predicted octanol–water partition coefficient (Wildman–Crippen LogP) is -0.282. The number of ether oxygens (including phenoxy) is 2. The number of fused-ring (bicyclic) bond motifs is 2. The number of benzene rings is 1. The zero-order valence-electron chi connectivity index (χ0n) is 28.5. The van der Waals surface area contributed by atoms with Crippen LogP contribution in [0, 0.1) is 0 Å². The summed E-state index contributed by atoms with van der Waals surface area (Å²) in [4.78, 5) is 64.0. The third-order valence-corrected chi connectivity index (χ3v) is 9.17. The van der Waals surface area contributed by atoms with Crippen LogP contribution in [0.3, 0.4) is 0 Å². The minimum atomic E-state index is -4.47. The Labute approximate surface area is 328 Å². The molecule has 318 valence electrons. The number of nitrogens with one attached hydrogen (secondary N) is 1. The van der Waals surface area contributed by atoms with Crippen LogP contribution in [0.2, 0.25) is 0 Å². The fraction of sp³-hybridized carbons (Fsp3) is 0.323. The second kappa shape index (κ2) is 19.7. The number of rotatable bonds is 8. The molecule has 25 nitrogen and oxygen atoms in total. The number of amides is 1. The van der Waals surface area contributed by atoms with E-state index >= 15 is 0 Å². The number of nitrogen functional groups attached to an aromatic ring is 1. The van der Waals surface area contributed by atoms with Gasteiger partial charge in [0.2, 0.25) is 0 Å². The van der Waals surface area contributed by atoms with E-state index in [9.17, 15) is 34.4 Å². The Kier molecular flexibility index (Phi) is 16.7. The molecule has 0 unspecified atom stereocenters. The molecule has 0 saturated carbocycles. The Balaban J connectivity index is 0.000000388. The number of nitrogens with two attached hydrogens (primary N) is 1. The molecule has 4 aromatic heterocycles. The van der Waals surface area contributed by atoms with E-state index in [-0.39, 0.29) is 49.7 Å². The number of carbonyl (C=O) groups is 1. The number of aromatic nitrogens is 8. The first kappa shape index (κ1) is 49.2. The standard InChI is InChI=1S/C18H18N5O7P.C11H14N5O6P.2CH4.H3N.H2O/c24-13-12(6-7-31(27,28)29)30-18(14(13)25)23-16-11(8-21-23)15(19-9-20-16)22-17(26)10-4-2-1-3-5-10;12-9-5-3-15-16(10(5)14-4-13-9)11-8(18)7(17)6(22-11)1-2-23(19,20)21;;;;/h1-9,12-14,18,24-25H,(H2,27,28,29)(H,19,20,22,26);1-4,6-8,11,17-18H,(H2,12,13,14)(H2,19,20,21);2*1H4;1H3;1H2/b7-6+;2-1+;;;;/t12-,13-,14-,18-;6-,7-,8-,11-;;;;/m11..../s1. The summed E-state index contributed by atoms with van der Waals surface area (Å²) in [6, 6.07) is 8.53. The molecule has 27 heteroatoms. The van der Waals surface area contributed by atoms with E-state index < -0.39 is 64.3 Å². The summed E-state index contributed by atoms with van der Waals surface area (Å²) >= 11 is 0. The number of nitrogens with zero attached hydrogens (tertiary/aromatic N) is 8. The van der Waals surface area contributed by atoms with Gasteiger partial charge in [0.1, 0.15) is 60.9 Å². The van der Waals surface area contributed by atoms with Crippen LogP contribution in [0.5, 0.6) is 0 Å². The van der Waals surface area contributed by atoms with Gasteiger partial charge in [-0.2, -0.15) is 10.2 Å². The molecule has 0 radical (unpaired) electrons. The van der Waals surface area contributed by atoms with Gasteiger partial charge in [-0.3, -0.25) is 13.9 Å². The van der Waals surface area contributed by atoms with Crippen molar-refractivity contribution in [1.82, 2.24) is 45.6 Å². The largest absolute Gasteiger partial charge is 0.412 e. The van der Waals surface area contributed by atoms with Crippen molar-refractivity contribution in [3.05, 3.63) is 84.7 Å². The van der Waals surface area contributed by atoms with Gasteiger partial charge in [0.05, 0.1) is 23.2 Å². The maximum Gasteiger partial charge on any atom is 0.348 e. The number of aliphatic hydroxyl groups excluding tert-OH is 4. The van der Waals surface area contributed by atoms with Crippen LogP contribution in [0.4, 0.5) is 11.6 Å². The van der Waals surface area contributed by atoms with Gasteiger partial charge >= 0.3 is 15.2 Å². The van der Waals surface area contributed by atoms with Gasteiger partial charge in [-0.1, -0.05) is 33.1 Å². The average Bonchev–Trinajstić information content (AvgIpc) is 3.89. The molecule has 2 saturated heterocycles. The fourth-order valence-electron chi connectivity index (χ4n) is 5.47. The quantitative estimate of drug-likeness (QED) is 0.0894. The summed E-state index contributed by atoms with van der Waals surface area (Å²) in [6.45, 7) is 0. The zero-order valence-corrected chi connectivity index (χ0v) is 30.3. The van der Waals surface area contributed by atoms with Gasteiger partial charge in [0.25, 0.3) is 5.91 Å². The molecule has 1 amide bonds.